The SMILES string of the molecule is CC1=C(C(=O)Nc2ccc(Cl)cc2)[C@H](c2ccccc2Cl)C(C#N)=C(SCC(=O)Nc2ccccc2C)N1. The Labute approximate surface area is 235 Å². The fourth-order valence-electron chi connectivity index (χ4n) is 4.12. The van der Waals surface area contributed by atoms with E-state index in [2.05, 4.69) is 22.0 Å². The number of anilines is 2. The molecule has 2 amide bonds. The smallest absolute Gasteiger partial charge is 0.254 e. The van der Waals surface area contributed by atoms with Crippen LogP contribution in [-0.4, -0.2) is 17.6 Å². The highest BCUT2D eigenvalue weighted by Crippen LogP contribution is 2.43. The van der Waals surface area contributed by atoms with E-state index >= 15 is 0 Å². The maximum absolute atomic E-state index is 13.5. The molecule has 1 atom stereocenters. The normalized spacial score (nSPS) is 15.0. The zero-order valence-corrected chi connectivity index (χ0v) is 23.0. The van der Waals surface area contributed by atoms with Crippen LogP contribution in [0.1, 0.15) is 24.0 Å². The van der Waals surface area contributed by atoms with Gasteiger partial charge in [0, 0.05) is 32.7 Å². The molecule has 1 aliphatic rings. The second-order valence-electron chi connectivity index (χ2n) is 8.59. The van der Waals surface area contributed by atoms with Crippen molar-refractivity contribution in [3.8, 4) is 6.07 Å². The Kier molecular flexibility index (Phi) is 8.80. The van der Waals surface area contributed by atoms with Crippen molar-refractivity contribution in [2.24, 2.45) is 0 Å². The highest BCUT2D eigenvalue weighted by Gasteiger charge is 2.36. The Hall–Kier alpha value is -3.70. The van der Waals surface area contributed by atoms with E-state index in [9.17, 15) is 14.9 Å². The van der Waals surface area contributed by atoms with Crippen LogP contribution in [0.5, 0.6) is 0 Å². The van der Waals surface area contributed by atoms with Crippen LogP contribution in [0.3, 0.4) is 0 Å². The molecule has 1 aliphatic heterocycles. The van der Waals surface area contributed by atoms with Crippen molar-refractivity contribution in [2.75, 3.05) is 16.4 Å². The first kappa shape index (κ1) is 27.3. The first-order valence-electron chi connectivity index (χ1n) is 11.7. The number of benzene rings is 3. The van der Waals surface area contributed by atoms with Crippen molar-refractivity contribution in [1.82, 2.24) is 5.32 Å². The van der Waals surface area contributed by atoms with Crippen LogP contribution in [0.15, 0.2) is 94.7 Å². The zero-order chi connectivity index (χ0) is 27.2. The summed E-state index contributed by atoms with van der Waals surface area (Å²) in [6.45, 7) is 3.68. The van der Waals surface area contributed by atoms with Gasteiger partial charge in [0.2, 0.25) is 5.91 Å². The number of nitrogens with zero attached hydrogens (tertiary/aromatic N) is 1. The molecule has 0 spiro atoms. The van der Waals surface area contributed by atoms with Gasteiger partial charge in [0.15, 0.2) is 0 Å². The minimum Gasteiger partial charge on any atom is -0.353 e. The quantitative estimate of drug-likeness (QED) is 0.288. The summed E-state index contributed by atoms with van der Waals surface area (Å²) in [4.78, 5) is 26.3. The van der Waals surface area contributed by atoms with E-state index in [0.717, 1.165) is 11.3 Å². The van der Waals surface area contributed by atoms with Crippen LogP contribution in [0.2, 0.25) is 10.0 Å². The molecule has 3 aromatic rings. The molecule has 0 aromatic heterocycles. The van der Waals surface area contributed by atoms with E-state index in [4.69, 9.17) is 23.2 Å². The van der Waals surface area contributed by atoms with E-state index in [0.29, 0.717) is 43.2 Å². The summed E-state index contributed by atoms with van der Waals surface area (Å²) in [7, 11) is 0. The number of rotatable bonds is 7. The number of amides is 2. The third kappa shape index (κ3) is 6.22. The Bertz CT molecular complexity index is 1490. The highest BCUT2D eigenvalue weighted by molar-refractivity contribution is 8.03. The van der Waals surface area contributed by atoms with Gasteiger partial charge < -0.3 is 16.0 Å². The first-order valence-corrected chi connectivity index (χ1v) is 13.4. The number of hydrogen-bond donors (Lipinski definition) is 3. The number of dihydropyridines is 1. The largest absolute Gasteiger partial charge is 0.353 e. The third-order valence-electron chi connectivity index (χ3n) is 5.98. The Morgan fingerprint density at radius 2 is 1.66 bits per heavy atom. The number of carbonyl (C=O) groups is 2. The Morgan fingerprint density at radius 3 is 2.34 bits per heavy atom. The lowest BCUT2D eigenvalue weighted by Crippen LogP contribution is -2.31. The fraction of sp³-hybridized carbons (Fsp3) is 0.138. The molecule has 0 aliphatic carbocycles. The van der Waals surface area contributed by atoms with E-state index in [1.54, 1.807) is 49.4 Å². The summed E-state index contributed by atoms with van der Waals surface area (Å²) in [5.74, 6) is -1.25. The number of para-hydroxylation sites is 1. The molecule has 4 rings (SSSR count). The second-order valence-corrected chi connectivity index (χ2v) is 10.4. The number of thioether (sulfide) groups is 1. The van der Waals surface area contributed by atoms with Gasteiger partial charge in [0.05, 0.1) is 28.3 Å². The lowest BCUT2D eigenvalue weighted by Gasteiger charge is -2.30. The van der Waals surface area contributed by atoms with Crippen molar-refractivity contribution in [1.29, 1.82) is 5.26 Å². The van der Waals surface area contributed by atoms with Crippen molar-refractivity contribution in [2.45, 2.75) is 19.8 Å². The number of hydrogen-bond acceptors (Lipinski definition) is 5. The predicted molar refractivity (Wildman–Crippen MR) is 155 cm³/mol. The summed E-state index contributed by atoms with van der Waals surface area (Å²) in [6.07, 6.45) is 0. The van der Waals surface area contributed by atoms with Gasteiger partial charge in [-0.15, -0.1) is 0 Å². The topological polar surface area (TPSA) is 94.0 Å². The highest BCUT2D eigenvalue weighted by atomic mass is 35.5. The molecule has 0 unspecified atom stereocenters. The molecule has 0 saturated carbocycles. The molecular formula is C29H24Cl2N4O2S. The van der Waals surface area contributed by atoms with E-state index in [-0.39, 0.29) is 17.6 Å². The lowest BCUT2D eigenvalue weighted by atomic mass is 9.82. The van der Waals surface area contributed by atoms with Gasteiger partial charge in [-0.3, -0.25) is 9.59 Å². The molecule has 0 saturated heterocycles. The Morgan fingerprint density at radius 1 is 0.974 bits per heavy atom. The summed E-state index contributed by atoms with van der Waals surface area (Å²) < 4.78 is 0. The molecule has 1 heterocycles. The maximum atomic E-state index is 13.5. The van der Waals surface area contributed by atoms with Gasteiger partial charge in [-0.05, 0) is 61.4 Å². The summed E-state index contributed by atoms with van der Waals surface area (Å²) in [6, 6.07) is 23.7. The molecule has 3 aromatic carbocycles. The predicted octanol–water partition coefficient (Wildman–Crippen LogP) is 7.01. The van der Waals surface area contributed by atoms with Crippen molar-refractivity contribution in [3.05, 3.63) is 116 Å². The molecule has 9 heteroatoms. The van der Waals surface area contributed by atoms with Crippen LogP contribution in [0.4, 0.5) is 11.4 Å². The minimum absolute atomic E-state index is 0.0661. The molecular weight excluding hydrogens is 539 g/mol. The minimum atomic E-state index is -0.732. The molecule has 0 bridgehead atoms. The van der Waals surface area contributed by atoms with E-state index in [1.807, 2.05) is 37.3 Å². The van der Waals surface area contributed by atoms with Crippen LogP contribution < -0.4 is 16.0 Å². The molecule has 192 valence electrons. The number of nitriles is 1. The number of carbonyl (C=O) groups excluding carboxylic acids is 2. The van der Waals surface area contributed by atoms with Crippen molar-refractivity contribution in [3.63, 3.8) is 0 Å². The average Bonchev–Trinajstić information content (AvgIpc) is 2.90. The number of aryl methyl sites for hydroxylation is 1. The third-order valence-corrected chi connectivity index (χ3v) is 7.59. The van der Waals surface area contributed by atoms with Gasteiger partial charge in [-0.25, -0.2) is 0 Å². The van der Waals surface area contributed by atoms with Gasteiger partial charge in [0.25, 0.3) is 5.91 Å². The monoisotopic (exact) mass is 562 g/mol. The van der Waals surface area contributed by atoms with Crippen LogP contribution >= 0.6 is 35.0 Å². The summed E-state index contributed by atoms with van der Waals surface area (Å²) in [5.41, 5.74) is 4.09. The van der Waals surface area contributed by atoms with Gasteiger partial charge in [-0.1, -0.05) is 71.4 Å². The number of nitrogens with one attached hydrogen (secondary N) is 3. The molecule has 0 fully saturated rings. The van der Waals surface area contributed by atoms with E-state index in [1.165, 1.54) is 11.8 Å². The molecule has 38 heavy (non-hydrogen) atoms. The molecule has 0 radical (unpaired) electrons. The zero-order valence-electron chi connectivity index (χ0n) is 20.6. The Balaban J connectivity index is 1.65. The number of allylic oxidation sites excluding steroid dienone is 2. The summed E-state index contributed by atoms with van der Waals surface area (Å²) in [5, 5.41) is 20.7. The van der Waals surface area contributed by atoms with Crippen molar-refractivity contribution >= 4 is 58.2 Å². The van der Waals surface area contributed by atoms with Gasteiger partial charge in [-0.2, -0.15) is 5.26 Å². The molecule has 3 N–H and O–H groups in total. The van der Waals surface area contributed by atoms with Crippen LogP contribution in [0.25, 0.3) is 0 Å². The molecule has 6 nitrogen and oxygen atoms in total. The summed E-state index contributed by atoms with van der Waals surface area (Å²) >= 11 is 13.7. The second kappa shape index (κ2) is 12.2. The average molecular weight is 564 g/mol. The first-order chi connectivity index (χ1) is 18.3. The fourth-order valence-corrected chi connectivity index (χ4v) is 5.38. The van der Waals surface area contributed by atoms with Gasteiger partial charge >= 0.3 is 0 Å². The van der Waals surface area contributed by atoms with Crippen LogP contribution in [0, 0.1) is 18.3 Å². The maximum Gasteiger partial charge on any atom is 0.254 e. The number of halogens is 2. The van der Waals surface area contributed by atoms with Gasteiger partial charge in [0.1, 0.15) is 0 Å². The van der Waals surface area contributed by atoms with Crippen LogP contribution in [-0.2, 0) is 9.59 Å². The van der Waals surface area contributed by atoms with E-state index < -0.39 is 5.92 Å². The lowest BCUT2D eigenvalue weighted by molar-refractivity contribution is -0.114. The standard InChI is InChI=1S/C29H24Cl2N4O2S/c1-17-7-3-6-10-24(17)35-25(36)16-38-29-22(15-32)27(21-8-4-5-9-23(21)31)26(18(2)33-29)28(37)34-20-13-11-19(30)12-14-20/h3-14,27,33H,16H2,1-2H3,(H,34,37)(H,35,36)/t27-/m1/s1. The van der Waals surface area contributed by atoms with Crippen molar-refractivity contribution < 1.29 is 9.59 Å².